The quantitative estimate of drug-likeness (QED) is 0.840. The molecule has 0 unspecified atom stereocenters. The highest BCUT2D eigenvalue weighted by Gasteiger charge is 2.27. The third-order valence-electron chi connectivity index (χ3n) is 4.64. The Morgan fingerprint density at radius 1 is 1.27 bits per heavy atom. The first-order valence-electron chi connectivity index (χ1n) is 8.42. The molecule has 1 aliphatic rings. The fourth-order valence-corrected chi connectivity index (χ4v) is 4.67. The molecule has 2 amide bonds. The lowest BCUT2D eigenvalue weighted by Gasteiger charge is -2.18. The molecule has 1 atom stereocenters. The van der Waals surface area contributed by atoms with Crippen molar-refractivity contribution < 1.29 is 19.1 Å². The van der Waals surface area contributed by atoms with E-state index < -0.39 is 5.91 Å². The summed E-state index contributed by atoms with van der Waals surface area (Å²) in [5.74, 6) is 0.703. The lowest BCUT2D eigenvalue weighted by molar-refractivity contribution is 0.1000. The Labute approximate surface area is 156 Å². The van der Waals surface area contributed by atoms with Gasteiger partial charge in [0.1, 0.15) is 16.5 Å². The summed E-state index contributed by atoms with van der Waals surface area (Å²) in [5, 5.41) is 3.36. The summed E-state index contributed by atoms with van der Waals surface area (Å²) >= 11 is 1.44. The molecular formula is C19H22N2O4S. The number of thiophene rings is 1. The van der Waals surface area contributed by atoms with Crippen LogP contribution in [0.1, 0.15) is 44.5 Å². The van der Waals surface area contributed by atoms with Gasteiger partial charge in [-0.05, 0) is 42.9 Å². The summed E-state index contributed by atoms with van der Waals surface area (Å²) in [7, 11) is 3.04. The average Bonchev–Trinajstić information content (AvgIpc) is 2.97. The standard InChI is InChI=1S/C19H22N2O4S/c1-10-4-6-13-15(8-10)26-19(16(13)17(20)22)21-18(23)12-7-5-11(24-2)9-14(12)25-3/h5,7,9-10H,4,6,8H2,1-3H3,(H2,20,22)(H,21,23)/t10-/m1/s1. The maximum atomic E-state index is 12.8. The van der Waals surface area contributed by atoms with Gasteiger partial charge in [0.15, 0.2) is 0 Å². The second-order valence-corrected chi connectivity index (χ2v) is 7.55. The molecule has 3 N–H and O–H groups in total. The summed E-state index contributed by atoms with van der Waals surface area (Å²) in [6.07, 6.45) is 2.73. The van der Waals surface area contributed by atoms with Gasteiger partial charge in [-0.2, -0.15) is 0 Å². The topological polar surface area (TPSA) is 90.6 Å². The second-order valence-electron chi connectivity index (χ2n) is 6.44. The van der Waals surface area contributed by atoms with Gasteiger partial charge in [0, 0.05) is 10.9 Å². The number of anilines is 1. The van der Waals surface area contributed by atoms with Gasteiger partial charge in [-0.3, -0.25) is 9.59 Å². The zero-order chi connectivity index (χ0) is 18.8. The van der Waals surface area contributed by atoms with E-state index in [1.165, 1.54) is 18.4 Å². The minimum absolute atomic E-state index is 0.348. The highest BCUT2D eigenvalue weighted by atomic mass is 32.1. The molecule has 0 bridgehead atoms. The Balaban J connectivity index is 1.94. The first kappa shape index (κ1) is 18.3. The summed E-state index contributed by atoms with van der Waals surface area (Å²) < 4.78 is 10.4. The molecule has 0 fully saturated rings. The number of methoxy groups -OCH3 is 2. The van der Waals surface area contributed by atoms with Crippen LogP contribution >= 0.6 is 11.3 Å². The molecule has 1 aliphatic carbocycles. The normalized spacial score (nSPS) is 15.9. The highest BCUT2D eigenvalue weighted by Crippen LogP contribution is 2.40. The third-order valence-corrected chi connectivity index (χ3v) is 5.81. The van der Waals surface area contributed by atoms with Gasteiger partial charge >= 0.3 is 0 Å². The van der Waals surface area contributed by atoms with Crippen molar-refractivity contribution in [3.63, 3.8) is 0 Å². The Morgan fingerprint density at radius 3 is 2.69 bits per heavy atom. The number of nitrogens with one attached hydrogen (secondary N) is 1. The minimum Gasteiger partial charge on any atom is -0.497 e. The first-order chi connectivity index (χ1) is 12.4. The molecule has 0 radical (unpaired) electrons. The molecule has 1 aromatic carbocycles. The van der Waals surface area contributed by atoms with Crippen LogP contribution in [0.3, 0.4) is 0 Å². The molecule has 7 heteroatoms. The lowest BCUT2D eigenvalue weighted by atomic mass is 9.88. The van der Waals surface area contributed by atoms with Crippen molar-refractivity contribution >= 4 is 28.2 Å². The van der Waals surface area contributed by atoms with E-state index in [2.05, 4.69) is 12.2 Å². The molecule has 6 nitrogen and oxygen atoms in total. The van der Waals surface area contributed by atoms with Gasteiger partial charge in [0.25, 0.3) is 11.8 Å². The molecule has 0 aliphatic heterocycles. The van der Waals surface area contributed by atoms with Crippen LogP contribution in [-0.4, -0.2) is 26.0 Å². The van der Waals surface area contributed by atoms with E-state index in [9.17, 15) is 9.59 Å². The largest absolute Gasteiger partial charge is 0.497 e. The fraction of sp³-hybridized carbons (Fsp3) is 0.368. The van der Waals surface area contributed by atoms with Crippen LogP contribution in [0.4, 0.5) is 5.00 Å². The fourth-order valence-electron chi connectivity index (χ4n) is 3.26. The van der Waals surface area contributed by atoms with Crippen LogP contribution in [0.5, 0.6) is 11.5 Å². The molecule has 0 saturated carbocycles. The molecule has 0 saturated heterocycles. The SMILES string of the molecule is COc1ccc(C(=O)Nc2sc3c(c2C(N)=O)CC[C@@H](C)C3)c(OC)c1. The maximum absolute atomic E-state index is 12.8. The maximum Gasteiger partial charge on any atom is 0.260 e. The van der Waals surface area contributed by atoms with Gasteiger partial charge in [0.2, 0.25) is 0 Å². The number of fused-ring (bicyclic) bond motifs is 1. The van der Waals surface area contributed by atoms with Crippen molar-refractivity contribution in [1.29, 1.82) is 0 Å². The van der Waals surface area contributed by atoms with E-state index in [-0.39, 0.29) is 5.91 Å². The van der Waals surface area contributed by atoms with Gasteiger partial charge in [-0.25, -0.2) is 0 Å². The van der Waals surface area contributed by atoms with Gasteiger partial charge in [0.05, 0.1) is 25.3 Å². The summed E-state index contributed by atoms with van der Waals surface area (Å²) in [6.45, 7) is 2.19. The number of hydrogen-bond donors (Lipinski definition) is 2. The van der Waals surface area contributed by atoms with Crippen LogP contribution in [-0.2, 0) is 12.8 Å². The molecule has 26 heavy (non-hydrogen) atoms. The molecule has 2 aromatic rings. The Morgan fingerprint density at radius 2 is 2.04 bits per heavy atom. The zero-order valence-electron chi connectivity index (χ0n) is 15.0. The van der Waals surface area contributed by atoms with E-state index in [1.54, 1.807) is 25.3 Å². The Bertz CT molecular complexity index is 859. The molecule has 0 spiro atoms. The summed E-state index contributed by atoms with van der Waals surface area (Å²) in [6, 6.07) is 4.96. The zero-order valence-corrected chi connectivity index (χ0v) is 15.9. The van der Waals surface area contributed by atoms with Crippen molar-refractivity contribution in [2.24, 2.45) is 11.7 Å². The van der Waals surface area contributed by atoms with E-state index in [1.807, 2.05) is 0 Å². The van der Waals surface area contributed by atoms with Crippen molar-refractivity contribution in [2.45, 2.75) is 26.2 Å². The first-order valence-corrected chi connectivity index (χ1v) is 9.24. The van der Waals surface area contributed by atoms with Crippen molar-refractivity contribution in [3.8, 4) is 11.5 Å². The predicted octanol–water partition coefficient (Wildman–Crippen LogP) is 3.24. The van der Waals surface area contributed by atoms with Gasteiger partial charge in [-0.15, -0.1) is 11.3 Å². The van der Waals surface area contributed by atoms with E-state index >= 15 is 0 Å². The van der Waals surface area contributed by atoms with Gasteiger partial charge < -0.3 is 20.5 Å². The number of rotatable bonds is 5. The molecule has 1 aromatic heterocycles. The molecule has 3 rings (SSSR count). The number of hydrogen-bond acceptors (Lipinski definition) is 5. The smallest absolute Gasteiger partial charge is 0.260 e. The number of primary amides is 1. The van der Waals surface area contributed by atoms with Crippen LogP contribution < -0.4 is 20.5 Å². The average molecular weight is 374 g/mol. The number of carbonyl (C=O) groups excluding carboxylic acids is 2. The van der Waals surface area contributed by atoms with Crippen molar-refractivity contribution in [2.75, 3.05) is 19.5 Å². The van der Waals surface area contributed by atoms with Crippen molar-refractivity contribution in [3.05, 3.63) is 39.8 Å². The number of amides is 2. The van der Waals surface area contributed by atoms with E-state index in [4.69, 9.17) is 15.2 Å². The highest BCUT2D eigenvalue weighted by molar-refractivity contribution is 7.17. The molecular weight excluding hydrogens is 352 g/mol. The number of nitrogens with two attached hydrogens (primary N) is 1. The van der Waals surface area contributed by atoms with Gasteiger partial charge in [-0.1, -0.05) is 6.92 Å². The lowest BCUT2D eigenvalue weighted by Crippen LogP contribution is -2.19. The Hall–Kier alpha value is -2.54. The Kier molecular flexibility index (Phi) is 5.18. The van der Waals surface area contributed by atoms with Crippen LogP contribution in [0.2, 0.25) is 0 Å². The van der Waals surface area contributed by atoms with Crippen molar-refractivity contribution in [1.82, 2.24) is 0 Å². The number of benzene rings is 1. The summed E-state index contributed by atoms with van der Waals surface area (Å²) in [5.41, 5.74) is 7.39. The molecule has 1 heterocycles. The van der Waals surface area contributed by atoms with Crippen LogP contribution in [0.25, 0.3) is 0 Å². The third kappa shape index (κ3) is 3.39. The van der Waals surface area contributed by atoms with E-state index in [0.29, 0.717) is 33.5 Å². The second kappa shape index (κ2) is 7.37. The van der Waals surface area contributed by atoms with Crippen LogP contribution in [0, 0.1) is 5.92 Å². The minimum atomic E-state index is -0.506. The predicted molar refractivity (Wildman–Crippen MR) is 102 cm³/mol. The monoisotopic (exact) mass is 374 g/mol. The van der Waals surface area contributed by atoms with E-state index in [0.717, 1.165) is 29.7 Å². The van der Waals surface area contributed by atoms with Crippen LogP contribution in [0.15, 0.2) is 18.2 Å². The number of carbonyl (C=O) groups is 2. The number of ether oxygens (including phenoxy) is 2. The molecule has 138 valence electrons. The summed E-state index contributed by atoms with van der Waals surface area (Å²) in [4.78, 5) is 25.9.